The van der Waals surface area contributed by atoms with Crippen LogP contribution in [0.1, 0.15) is 25.7 Å². The van der Waals surface area contributed by atoms with Gasteiger partial charge >= 0.3 is 6.00 Å². The van der Waals surface area contributed by atoms with Crippen LogP contribution in [0.15, 0.2) is 0 Å². The van der Waals surface area contributed by atoms with E-state index in [0.29, 0.717) is 5.54 Å². The van der Waals surface area contributed by atoms with E-state index in [1.54, 1.807) is 0 Å². The maximum absolute atomic E-state index is 5.81. The van der Waals surface area contributed by atoms with Crippen LogP contribution in [0.3, 0.4) is 0 Å². The van der Waals surface area contributed by atoms with Crippen LogP contribution in [0.25, 0.3) is 0 Å². The molecule has 0 atom stereocenters. The van der Waals surface area contributed by atoms with E-state index in [1.807, 2.05) is 0 Å². The van der Waals surface area contributed by atoms with Gasteiger partial charge in [0.05, 0.1) is 0 Å². The molecule has 0 amide bonds. The molecule has 0 nitrogen and oxygen atoms in total. The van der Waals surface area contributed by atoms with Gasteiger partial charge in [-0.1, -0.05) is 12.8 Å². The van der Waals surface area contributed by atoms with Crippen molar-refractivity contribution in [1.82, 2.24) is 0 Å². The molecule has 0 bridgehead atoms. The number of hydrogen-bond acceptors (Lipinski definition) is 0. The maximum Gasteiger partial charge on any atom is 0.344 e. The molecule has 1 rings (SSSR count). The van der Waals surface area contributed by atoms with Gasteiger partial charge in [-0.05, 0) is 18.4 Å². The summed E-state index contributed by atoms with van der Waals surface area (Å²) in [5.74, 6) is 0. The molecule has 4 heteroatoms. The van der Waals surface area contributed by atoms with Crippen LogP contribution in [0.2, 0.25) is 5.54 Å². The molecule has 0 spiro atoms. The van der Waals surface area contributed by atoms with E-state index in [9.17, 15) is 0 Å². The first-order valence-corrected chi connectivity index (χ1v) is 8.29. The molecule has 0 aromatic rings. The van der Waals surface area contributed by atoms with Gasteiger partial charge in [-0.2, -0.15) is 0 Å². The van der Waals surface area contributed by atoms with Crippen molar-refractivity contribution in [1.29, 1.82) is 0 Å². The lowest BCUT2D eigenvalue weighted by atomic mass is 10.4. The van der Waals surface area contributed by atoms with Gasteiger partial charge in [-0.25, -0.2) is 0 Å². The summed E-state index contributed by atoms with van der Waals surface area (Å²) < 4.78 is 0. The lowest BCUT2D eigenvalue weighted by Gasteiger charge is -2.14. The van der Waals surface area contributed by atoms with E-state index in [2.05, 4.69) is 0 Å². The minimum Gasteiger partial charge on any atom is -0.126 e. The minimum atomic E-state index is -2.31. The van der Waals surface area contributed by atoms with Crippen molar-refractivity contribution >= 4 is 39.2 Å². The van der Waals surface area contributed by atoms with Crippen LogP contribution in [0.4, 0.5) is 0 Å². The Bertz CT molecular complexity index is 92.9. The van der Waals surface area contributed by atoms with Crippen molar-refractivity contribution in [3.05, 3.63) is 0 Å². The van der Waals surface area contributed by atoms with Crippen LogP contribution >= 0.6 is 33.2 Å². The van der Waals surface area contributed by atoms with Crippen LogP contribution in [-0.2, 0) is 0 Å². The van der Waals surface area contributed by atoms with Crippen molar-refractivity contribution in [3.8, 4) is 0 Å². The Morgan fingerprint density at radius 1 is 1.00 bits per heavy atom. The fourth-order valence-electron chi connectivity index (χ4n) is 1.25. The lowest BCUT2D eigenvalue weighted by molar-refractivity contribution is 0.868. The Morgan fingerprint density at radius 3 is 1.67 bits per heavy atom. The highest BCUT2D eigenvalue weighted by Crippen LogP contribution is 2.44. The van der Waals surface area contributed by atoms with E-state index in [1.165, 1.54) is 12.8 Å². The highest BCUT2D eigenvalue weighted by Gasteiger charge is 2.37. The molecule has 1 saturated carbocycles. The van der Waals surface area contributed by atoms with Crippen LogP contribution < -0.4 is 0 Å². The summed E-state index contributed by atoms with van der Waals surface area (Å²) >= 11 is 17.4. The van der Waals surface area contributed by atoms with Gasteiger partial charge in [0.1, 0.15) is 0 Å². The second-order valence-corrected chi connectivity index (χ2v) is 11.5. The first-order chi connectivity index (χ1) is 4.11. The average molecular weight is 204 g/mol. The smallest absolute Gasteiger partial charge is 0.126 e. The fraction of sp³-hybridized carbons (Fsp3) is 1.00. The molecule has 0 N–H and O–H groups in total. The molecule has 0 unspecified atom stereocenters. The molecule has 54 valence electrons. The van der Waals surface area contributed by atoms with Gasteiger partial charge in [-0.3, -0.25) is 0 Å². The van der Waals surface area contributed by atoms with Gasteiger partial charge in [0.15, 0.2) is 0 Å². The van der Waals surface area contributed by atoms with E-state index in [4.69, 9.17) is 33.2 Å². The van der Waals surface area contributed by atoms with Crippen LogP contribution in [-0.4, -0.2) is 6.00 Å². The topological polar surface area (TPSA) is 0 Å². The van der Waals surface area contributed by atoms with Crippen molar-refractivity contribution < 1.29 is 0 Å². The molecule has 0 aliphatic heterocycles. The predicted molar refractivity (Wildman–Crippen MR) is 45.5 cm³/mol. The van der Waals surface area contributed by atoms with Gasteiger partial charge in [0.2, 0.25) is 0 Å². The third kappa shape index (κ3) is 2.30. The van der Waals surface area contributed by atoms with Gasteiger partial charge in [-0.15, -0.1) is 33.2 Å². The Balaban J connectivity index is 2.42. The third-order valence-electron chi connectivity index (χ3n) is 1.82. The number of rotatable bonds is 1. The van der Waals surface area contributed by atoms with Crippen LogP contribution in [0, 0.1) is 0 Å². The molecular formula is C5H9Cl3Si. The van der Waals surface area contributed by atoms with Crippen molar-refractivity contribution in [2.75, 3.05) is 0 Å². The molecule has 0 radical (unpaired) electrons. The van der Waals surface area contributed by atoms with E-state index in [0.717, 1.165) is 12.8 Å². The molecule has 0 heterocycles. The first-order valence-electron chi connectivity index (χ1n) is 3.17. The highest BCUT2D eigenvalue weighted by atomic mass is 35.8. The van der Waals surface area contributed by atoms with Gasteiger partial charge in [0.25, 0.3) is 0 Å². The molecule has 0 aromatic heterocycles. The summed E-state index contributed by atoms with van der Waals surface area (Å²) in [5.41, 5.74) is 0.447. The lowest BCUT2D eigenvalue weighted by Crippen LogP contribution is -2.16. The fourth-order valence-corrected chi connectivity index (χ4v) is 4.28. The maximum atomic E-state index is 5.81. The SMILES string of the molecule is Cl[Si](Cl)(Cl)C1CCCC1. The molecule has 1 fully saturated rings. The minimum absolute atomic E-state index is 0.447. The summed E-state index contributed by atoms with van der Waals surface area (Å²) in [6, 6.07) is -2.31. The second kappa shape index (κ2) is 2.99. The average Bonchev–Trinajstić information content (AvgIpc) is 2.08. The van der Waals surface area contributed by atoms with Gasteiger partial charge in [0, 0.05) is 0 Å². The van der Waals surface area contributed by atoms with Crippen molar-refractivity contribution in [3.63, 3.8) is 0 Å². The quantitative estimate of drug-likeness (QED) is 0.451. The monoisotopic (exact) mass is 202 g/mol. The van der Waals surface area contributed by atoms with Crippen LogP contribution in [0.5, 0.6) is 0 Å². The zero-order valence-corrected chi connectivity index (χ0v) is 8.31. The molecule has 0 saturated heterocycles. The number of halogens is 3. The normalized spacial score (nSPS) is 23.0. The predicted octanol–water partition coefficient (Wildman–Crippen LogP) is 3.59. The zero-order chi connectivity index (χ0) is 6.91. The summed E-state index contributed by atoms with van der Waals surface area (Å²) in [7, 11) is 0. The Kier molecular flexibility index (Phi) is 2.72. The molecule has 1 aliphatic carbocycles. The van der Waals surface area contributed by atoms with E-state index >= 15 is 0 Å². The molecule has 0 aromatic carbocycles. The summed E-state index contributed by atoms with van der Waals surface area (Å²) in [5, 5.41) is 0. The summed E-state index contributed by atoms with van der Waals surface area (Å²) in [6.07, 6.45) is 4.79. The van der Waals surface area contributed by atoms with Crippen molar-refractivity contribution in [2.24, 2.45) is 0 Å². The Labute approximate surface area is 70.6 Å². The number of hydrogen-bond donors (Lipinski definition) is 0. The molecule has 1 aliphatic rings. The zero-order valence-electron chi connectivity index (χ0n) is 5.04. The first kappa shape index (κ1) is 8.19. The molecule has 9 heavy (non-hydrogen) atoms. The molecular weight excluding hydrogens is 194 g/mol. The Morgan fingerprint density at radius 2 is 1.44 bits per heavy atom. The largest absolute Gasteiger partial charge is 0.344 e. The van der Waals surface area contributed by atoms with Gasteiger partial charge < -0.3 is 0 Å². The standard InChI is InChI=1S/C5H9Cl3Si/c6-9(7,8)5-3-1-2-4-5/h5H,1-4H2. The Hall–Kier alpha value is 1.09. The van der Waals surface area contributed by atoms with E-state index in [-0.39, 0.29) is 0 Å². The summed E-state index contributed by atoms with van der Waals surface area (Å²) in [4.78, 5) is 0. The van der Waals surface area contributed by atoms with Crippen molar-refractivity contribution in [2.45, 2.75) is 31.2 Å². The summed E-state index contributed by atoms with van der Waals surface area (Å²) in [6.45, 7) is 0. The highest BCUT2D eigenvalue weighted by molar-refractivity contribution is 7.65. The second-order valence-electron chi connectivity index (χ2n) is 2.52. The van der Waals surface area contributed by atoms with E-state index < -0.39 is 6.00 Å². The third-order valence-corrected chi connectivity index (χ3v) is 6.10.